The van der Waals surface area contributed by atoms with Gasteiger partial charge in [-0.3, -0.25) is 0 Å². The predicted molar refractivity (Wildman–Crippen MR) is 164 cm³/mol. The number of benzene rings is 3. The van der Waals surface area contributed by atoms with Gasteiger partial charge in [-0.15, -0.1) is 4.72 Å². The van der Waals surface area contributed by atoms with Crippen molar-refractivity contribution >= 4 is 46.0 Å². The number of halogens is 1. The third-order valence-corrected chi connectivity index (χ3v) is 13.3. The summed E-state index contributed by atoms with van der Waals surface area (Å²) in [5, 5.41) is 2.39. The molecule has 0 fully saturated rings. The van der Waals surface area contributed by atoms with Gasteiger partial charge in [-0.05, 0) is 54.4 Å². The largest absolute Gasteiger partial charge is 0.598 e. The van der Waals surface area contributed by atoms with Crippen LogP contribution in [0.25, 0.3) is 0 Å². The predicted octanol–water partition coefficient (Wildman–Crippen LogP) is 6.19. The van der Waals surface area contributed by atoms with Crippen LogP contribution in [0.5, 0.6) is 0 Å². The molecule has 2 unspecified atom stereocenters. The van der Waals surface area contributed by atoms with Gasteiger partial charge < -0.3 is 8.98 Å². The van der Waals surface area contributed by atoms with Crippen molar-refractivity contribution in [3.63, 3.8) is 0 Å². The molecule has 3 rings (SSSR count). The Kier molecular flexibility index (Phi) is 10.3. The molecule has 0 radical (unpaired) electrons. The summed E-state index contributed by atoms with van der Waals surface area (Å²) in [7, 11) is -2.65. The molecular formula is C31H38BrNO2SSi. The van der Waals surface area contributed by atoms with Gasteiger partial charge in [0.2, 0.25) is 0 Å². The average Bonchev–Trinajstić information content (AvgIpc) is 2.84. The first-order chi connectivity index (χ1) is 17.4. The highest BCUT2D eigenvalue weighted by Crippen LogP contribution is 2.36. The Labute approximate surface area is 236 Å². The van der Waals surface area contributed by atoms with Gasteiger partial charge in [0.1, 0.15) is 10.8 Å². The zero-order valence-electron chi connectivity index (χ0n) is 22.7. The summed E-state index contributed by atoms with van der Waals surface area (Å²) in [5.74, 6) is 6.59. The summed E-state index contributed by atoms with van der Waals surface area (Å²) < 4.78 is 23.9. The van der Waals surface area contributed by atoms with Crippen LogP contribution in [-0.4, -0.2) is 30.3 Å². The Balaban J connectivity index is 1.93. The van der Waals surface area contributed by atoms with Crippen molar-refractivity contribution in [2.75, 3.05) is 6.61 Å². The van der Waals surface area contributed by atoms with Crippen LogP contribution in [0.1, 0.15) is 53.5 Å². The maximum Gasteiger partial charge on any atom is 0.261 e. The number of nitrogens with one attached hydrogen (secondary N) is 1. The Morgan fingerprint density at radius 2 is 1.46 bits per heavy atom. The molecule has 3 nitrogen and oxygen atoms in total. The van der Waals surface area contributed by atoms with Gasteiger partial charge in [0.05, 0.1) is 0 Å². The minimum Gasteiger partial charge on any atom is -0.598 e. The number of rotatable bonds is 8. The SMILES string of the molecule is CC(C)(C)[S+]([O-])NC(C#Cc1cccc(Br)c1)CCO[Si](c1ccccc1)(c1ccccc1)C(C)(C)C. The Hall–Kier alpha value is -1.85. The Morgan fingerprint density at radius 3 is 1.95 bits per heavy atom. The molecule has 0 amide bonds. The van der Waals surface area contributed by atoms with Gasteiger partial charge in [0.15, 0.2) is 0 Å². The minimum absolute atomic E-state index is 0.102. The van der Waals surface area contributed by atoms with E-state index in [9.17, 15) is 4.55 Å². The zero-order chi connectivity index (χ0) is 27.1. The Bertz CT molecular complexity index is 1160. The van der Waals surface area contributed by atoms with E-state index in [1.54, 1.807) is 0 Å². The molecule has 6 heteroatoms. The van der Waals surface area contributed by atoms with E-state index in [1.165, 1.54) is 10.4 Å². The lowest BCUT2D eigenvalue weighted by Gasteiger charge is -2.43. The van der Waals surface area contributed by atoms with E-state index >= 15 is 0 Å². The molecule has 0 saturated carbocycles. The van der Waals surface area contributed by atoms with Crippen LogP contribution in [0.15, 0.2) is 89.4 Å². The first-order valence-electron chi connectivity index (χ1n) is 12.6. The zero-order valence-corrected chi connectivity index (χ0v) is 26.1. The minimum atomic E-state index is -2.65. The fourth-order valence-electron chi connectivity index (χ4n) is 4.29. The average molecular weight is 597 g/mol. The van der Waals surface area contributed by atoms with Gasteiger partial charge in [0.25, 0.3) is 8.32 Å². The van der Waals surface area contributed by atoms with Gasteiger partial charge in [-0.2, -0.15) is 0 Å². The molecule has 0 aromatic heterocycles. The molecule has 0 spiro atoms. The van der Waals surface area contributed by atoms with E-state index < -0.39 is 24.4 Å². The molecule has 1 N–H and O–H groups in total. The van der Waals surface area contributed by atoms with Crippen molar-refractivity contribution in [3.05, 3.63) is 95.0 Å². The highest BCUT2D eigenvalue weighted by molar-refractivity contribution is 9.10. The summed E-state index contributed by atoms with van der Waals surface area (Å²) >= 11 is 2.27. The highest BCUT2D eigenvalue weighted by Gasteiger charge is 2.50. The fourth-order valence-corrected chi connectivity index (χ4v) is 10.1. The van der Waals surface area contributed by atoms with E-state index in [-0.39, 0.29) is 11.1 Å². The third kappa shape index (κ3) is 7.83. The first kappa shape index (κ1) is 29.7. The van der Waals surface area contributed by atoms with Crippen molar-refractivity contribution in [2.45, 2.75) is 63.8 Å². The monoisotopic (exact) mass is 595 g/mol. The maximum atomic E-state index is 13.0. The normalized spacial score (nSPS) is 13.9. The van der Waals surface area contributed by atoms with Crippen LogP contribution in [0.2, 0.25) is 5.04 Å². The standard InChI is InChI=1S/C31H38BrNO2SSi/c1-30(2,3)36(34)33-27(21-20-25-14-13-15-26(32)24-25)22-23-35-37(31(4,5)6,28-16-9-7-10-17-28)29-18-11-8-12-19-29/h7-19,24,27,33H,22-23H2,1-6H3. The van der Waals surface area contributed by atoms with Crippen molar-refractivity contribution in [1.82, 2.24) is 4.72 Å². The molecule has 0 saturated heterocycles. The lowest BCUT2D eigenvalue weighted by Crippen LogP contribution is -2.66. The van der Waals surface area contributed by atoms with E-state index in [0.29, 0.717) is 13.0 Å². The van der Waals surface area contributed by atoms with Crippen molar-refractivity contribution < 1.29 is 8.98 Å². The molecule has 0 bridgehead atoms. The van der Waals surface area contributed by atoms with Crippen molar-refractivity contribution in [2.24, 2.45) is 0 Å². The van der Waals surface area contributed by atoms with Crippen LogP contribution in [-0.2, 0) is 15.8 Å². The molecule has 3 aromatic carbocycles. The third-order valence-electron chi connectivity index (χ3n) is 6.16. The second-order valence-corrected chi connectivity index (χ2v) is 18.4. The van der Waals surface area contributed by atoms with Crippen molar-refractivity contribution in [3.8, 4) is 11.8 Å². The van der Waals surface area contributed by atoms with Crippen LogP contribution < -0.4 is 15.1 Å². The second-order valence-electron chi connectivity index (χ2n) is 11.1. The van der Waals surface area contributed by atoms with Gasteiger partial charge in [-0.25, -0.2) is 0 Å². The second kappa shape index (κ2) is 12.8. The number of hydrogen-bond donors (Lipinski definition) is 1. The smallest absolute Gasteiger partial charge is 0.261 e. The molecule has 0 aliphatic carbocycles. The quantitative estimate of drug-likeness (QED) is 0.192. The summed E-state index contributed by atoms with van der Waals surface area (Å²) in [5.41, 5.74) is 0.913. The van der Waals surface area contributed by atoms with Gasteiger partial charge >= 0.3 is 0 Å². The lowest BCUT2D eigenvalue weighted by atomic mass is 10.2. The topological polar surface area (TPSA) is 44.3 Å². The Morgan fingerprint density at radius 1 is 0.892 bits per heavy atom. The van der Waals surface area contributed by atoms with Crippen LogP contribution in [0, 0.1) is 11.8 Å². The highest BCUT2D eigenvalue weighted by atomic mass is 79.9. The van der Waals surface area contributed by atoms with E-state index in [4.69, 9.17) is 4.43 Å². The summed E-state index contributed by atoms with van der Waals surface area (Å²) in [6.45, 7) is 13.2. The summed E-state index contributed by atoms with van der Waals surface area (Å²) in [4.78, 5) is 0. The van der Waals surface area contributed by atoms with Crippen LogP contribution >= 0.6 is 15.9 Å². The molecule has 196 valence electrons. The number of hydrogen-bond acceptors (Lipinski definition) is 3. The van der Waals surface area contributed by atoms with E-state index in [0.717, 1.165) is 10.0 Å². The van der Waals surface area contributed by atoms with E-state index in [2.05, 4.69) is 114 Å². The maximum absolute atomic E-state index is 13.0. The molecule has 0 aliphatic rings. The summed E-state index contributed by atoms with van der Waals surface area (Å²) in [6, 6.07) is 28.9. The van der Waals surface area contributed by atoms with Crippen molar-refractivity contribution in [1.29, 1.82) is 0 Å². The van der Waals surface area contributed by atoms with Gasteiger partial charge in [0, 0.05) is 34.4 Å². The molecule has 3 aromatic rings. The molecule has 37 heavy (non-hydrogen) atoms. The van der Waals surface area contributed by atoms with E-state index in [1.807, 2.05) is 45.0 Å². The molecule has 2 atom stereocenters. The summed E-state index contributed by atoms with van der Waals surface area (Å²) in [6.07, 6.45) is 0.618. The lowest BCUT2D eigenvalue weighted by molar-refractivity contribution is 0.285. The molecular weight excluding hydrogens is 558 g/mol. The first-order valence-corrected chi connectivity index (χ1v) is 16.5. The fraction of sp³-hybridized carbons (Fsp3) is 0.355. The molecule has 0 heterocycles. The molecule has 0 aliphatic heterocycles. The van der Waals surface area contributed by atoms with Crippen LogP contribution in [0.3, 0.4) is 0 Å². The van der Waals surface area contributed by atoms with Crippen LogP contribution in [0.4, 0.5) is 0 Å². The van der Waals surface area contributed by atoms with Gasteiger partial charge in [-0.1, -0.05) is 115 Å².